The van der Waals surface area contributed by atoms with Crippen molar-refractivity contribution in [3.05, 3.63) is 71.9 Å². The van der Waals surface area contributed by atoms with Gasteiger partial charge in [-0.05, 0) is 43.7 Å². The Hall–Kier alpha value is -2.53. The smallest absolute Gasteiger partial charge is 0.132 e. The molecule has 4 nitrogen and oxygen atoms in total. The molecule has 2 aromatic heterocycles. The van der Waals surface area contributed by atoms with E-state index < -0.39 is 0 Å². The van der Waals surface area contributed by atoms with Crippen LogP contribution >= 0.6 is 0 Å². The second kappa shape index (κ2) is 7.38. The molecule has 1 atom stereocenters. The average molecular weight is 350 g/mol. The lowest BCUT2D eigenvalue weighted by molar-refractivity contribution is 0.198. The van der Waals surface area contributed by atoms with Crippen LogP contribution in [0.1, 0.15) is 30.0 Å². The van der Waals surface area contributed by atoms with Gasteiger partial charge in [-0.3, -0.25) is 14.6 Å². The molecular formula is C21H23FN4. The van der Waals surface area contributed by atoms with Crippen LogP contribution < -0.4 is 0 Å². The van der Waals surface area contributed by atoms with Crippen molar-refractivity contribution in [2.75, 3.05) is 13.1 Å². The second-order valence-corrected chi connectivity index (χ2v) is 7.02. The summed E-state index contributed by atoms with van der Waals surface area (Å²) in [6.45, 7) is 2.98. The van der Waals surface area contributed by atoms with Gasteiger partial charge >= 0.3 is 0 Å². The predicted molar refractivity (Wildman–Crippen MR) is 100 cm³/mol. The molecule has 134 valence electrons. The highest BCUT2D eigenvalue weighted by atomic mass is 19.1. The van der Waals surface area contributed by atoms with Crippen LogP contribution in [0.3, 0.4) is 0 Å². The van der Waals surface area contributed by atoms with Crippen LogP contribution in [0.15, 0.2) is 54.9 Å². The first-order valence-corrected chi connectivity index (χ1v) is 9.11. The molecule has 0 unspecified atom stereocenters. The van der Waals surface area contributed by atoms with E-state index in [0.29, 0.717) is 17.2 Å². The highest BCUT2D eigenvalue weighted by Gasteiger charge is 2.23. The van der Waals surface area contributed by atoms with Crippen LogP contribution in [0.25, 0.3) is 11.3 Å². The van der Waals surface area contributed by atoms with Crippen molar-refractivity contribution < 1.29 is 4.39 Å². The summed E-state index contributed by atoms with van der Waals surface area (Å²) in [5, 5.41) is 4.25. The Morgan fingerprint density at radius 2 is 2.04 bits per heavy atom. The Morgan fingerprint density at radius 1 is 1.15 bits per heavy atom. The zero-order valence-corrected chi connectivity index (χ0v) is 15.0. The lowest BCUT2D eigenvalue weighted by Crippen LogP contribution is -2.34. The molecule has 0 aliphatic carbocycles. The number of halogens is 1. The number of pyridine rings is 1. The zero-order valence-electron chi connectivity index (χ0n) is 15.0. The largest absolute Gasteiger partial charge is 0.298 e. The first kappa shape index (κ1) is 16.9. The quantitative estimate of drug-likeness (QED) is 0.713. The molecule has 1 saturated heterocycles. The maximum Gasteiger partial charge on any atom is 0.132 e. The summed E-state index contributed by atoms with van der Waals surface area (Å²) in [6.07, 6.45) is 6.27. The van der Waals surface area contributed by atoms with Crippen LogP contribution in [0.5, 0.6) is 0 Å². The lowest BCUT2D eigenvalue weighted by atomic mass is 9.93. The number of hydrogen-bond donors (Lipinski definition) is 0. The fraction of sp³-hybridized carbons (Fsp3) is 0.333. The molecule has 26 heavy (non-hydrogen) atoms. The van der Waals surface area contributed by atoms with E-state index in [1.165, 1.54) is 11.6 Å². The highest BCUT2D eigenvalue weighted by Crippen LogP contribution is 2.29. The number of rotatable bonds is 4. The van der Waals surface area contributed by atoms with Crippen molar-refractivity contribution in [2.24, 2.45) is 7.05 Å². The lowest BCUT2D eigenvalue weighted by Gasteiger charge is -2.32. The third kappa shape index (κ3) is 3.68. The van der Waals surface area contributed by atoms with Crippen molar-refractivity contribution >= 4 is 0 Å². The van der Waals surface area contributed by atoms with E-state index in [-0.39, 0.29) is 5.82 Å². The fourth-order valence-corrected chi connectivity index (χ4v) is 3.75. The Kier molecular flexibility index (Phi) is 4.80. The molecule has 1 aliphatic heterocycles. The molecule has 0 saturated carbocycles. The molecule has 3 heterocycles. The van der Waals surface area contributed by atoms with Gasteiger partial charge in [0, 0.05) is 49.1 Å². The van der Waals surface area contributed by atoms with Crippen molar-refractivity contribution in [1.82, 2.24) is 19.7 Å². The van der Waals surface area contributed by atoms with Gasteiger partial charge in [0.15, 0.2) is 0 Å². The molecule has 0 bridgehead atoms. The maximum atomic E-state index is 14.1. The standard InChI is InChI=1S/C21H23FN4/c1-25-13-16(12-23-25)14-26-11-5-6-17(15-26)20-9-4-10-21(24-20)18-7-2-3-8-19(18)22/h2-4,7-10,12-13,17H,5-6,11,14-15H2,1H3/t17-/m1/s1. The normalized spacial score (nSPS) is 18.2. The van der Waals surface area contributed by atoms with E-state index in [1.807, 2.05) is 36.1 Å². The number of aromatic nitrogens is 3. The van der Waals surface area contributed by atoms with Gasteiger partial charge < -0.3 is 0 Å². The number of benzene rings is 1. The van der Waals surface area contributed by atoms with Gasteiger partial charge in [0.1, 0.15) is 5.82 Å². The molecule has 1 aliphatic rings. The van der Waals surface area contributed by atoms with E-state index in [9.17, 15) is 4.39 Å². The van der Waals surface area contributed by atoms with Gasteiger partial charge in [-0.2, -0.15) is 5.10 Å². The Morgan fingerprint density at radius 3 is 2.85 bits per heavy atom. The summed E-state index contributed by atoms with van der Waals surface area (Å²) in [7, 11) is 1.95. The van der Waals surface area contributed by atoms with Gasteiger partial charge in [0.2, 0.25) is 0 Å². The number of piperidine rings is 1. The van der Waals surface area contributed by atoms with E-state index in [4.69, 9.17) is 4.98 Å². The van der Waals surface area contributed by atoms with Gasteiger partial charge in [0.05, 0.1) is 11.9 Å². The Bertz CT molecular complexity index is 889. The molecule has 5 heteroatoms. The molecule has 0 spiro atoms. The van der Waals surface area contributed by atoms with Crippen molar-refractivity contribution in [3.8, 4) is 11.3 Å². The zero-order chi connectivity index (χ0) is 17.9. The average Bonchev–Trinajstić information content (AvgIpc) is 3.07. The Labute approximate surface area is 153 Å². The number of likely N-dealkylation sites (tertiary alicyclic amines) is 1. The minimum atomic E-state index is -0.223. The summed E-state index contributed by atoms with van der Waals surface area (Å²) < 4.78 is 15.9. The van der Waals surface area contributed by atoms with Crippen LogP contribution in [0.4, 0.5) is 4.39 Å². The molecule has 1 fully saturated rings. The van der Waals surface area contributed by atoms with Crippen LogP contribution in [0.2, 0.25) is 0 Å². The number of aryl methyl sites for hydroxylation is 1. The summed E-state index contributed by atoms with van der Waals surface area (Å²) in [4.78, 5) is 7.25. The van der Waals surface area contributed by atoms with Crippen molar-refractivity contribution in [3.63, 3.8) is 0 Å². The highest BCUT2D eigenvalue weighted by molar-refractivity contribution is 5.59. The molecule has 0 radical (unpaired) electrons. The topological polar surface area (TPSA) is 34.0 Å². The van der Waals surface area contributed by atoms with Crippen LogP contribution in [0, 0.1) is 5.82 Å². The minimum Gasteiger partial charge on any atom is -0.298 e. The van der Waals surface area contributed by atoms with E-state index in [2.05, 4.69) is 22.3 Å². The molecular weight excluding hydrogens is 327 g/mol. The summed E-state index contributed by atoms with van der Waals surface area (Å²) in [6, 6.07) is 12.8. The SMILES string of the molecule is Cn1cc(CN2CCC[C@@H](c3cccc(-c4ccccc4F)n3)C2)cn1. The van der Waals surface area contributed by atoms with Crippen molar-refractivity contribution in [2.45, 2.75) is 25.3 Å². The third-order valence-electron chi connectivity index (χ3n) is 5.01. The monoisotopic (exact) mass is 350 g/mol. The number of hydrogen-bond acceptors (Lipinski definition) is 3. The van der Waals surface area contributed by atoms with Gasteiger partial charge in [-0.15, -0.1) is 0 Å². The molecule has 0 N–H and O–H groups in total. The van der Waals surface area contributed by atoms with E-state index in [0.717, 1.165) is 38.2 Å². The fourth-order valence-electron chi connectivity index (χ4n) is 3.75. The Balaban J connectivity index is 1.52. The van der Waals surface area contributed by atoms with E-state index >= 15 is 0 Å². The second-order valence-electron chi connectivity index (χ2n) is 7.02. The maximum absolute atomic E-state index is 14.1. The van der Waals surface area contributed by atoms with Gasteiger partial charge in [0.25, 0.3) is 0 Å². The number of nitrogens with zero attached hydrogens (tertiary/aromatic N) is 4. The molecule has 4 rings (SSSR count). The van der Waals surface area contributed by atoms with E-state index in [1.54, 1.807) is 12.1 Å². The molecule has 1 aromatic carbocycles. The third-order valence-corrected chi connectivity index (χ3v) is 5.01. The molecule has 3 aromatic rings. The predicted octanol–water partition coefficient (Wildman–Crippen LogP) is 4.00. The van der Waals surface area contributed by atoms with Gasteiger partial charge in [-0.1, -0.05) is 18.2 Å². The minimum absolute atomic E-state index is 0.223. The van der Waals surface area contributed by atoms with Crippen molar-refractivity contribution in [1.29, 1.82) is 0 Å². The van der Waals surface area contributed by atoms with Crippen LogP contribution in [-0.2, 0) is 13.6 Å². The summed E-state index contributed by atoms with van der Waals surface area (Å²) in [5.74, 6) is 0.158. The molecule has 0 amide bonds. The summed E-state index contributed by atoms with van der Waals surface area (Å²) >= 11 is 0. The van der Waals surface area contributed by atoms with Gasteiger partial charge in [-0.25, -0.2) is 4.39 Å². The first-order chi connectivity index (χ1) is 12.7. The summed E-state index contributed by atoms with van der Waals surface area (Å²) in [5.41, 5.74) is 3.57. The van der Waals surface area contributed by atoms with Crippen LogP contribution in [-0.4, -0.2) is 32.8 Å². The first-order valence-electron chi connectivity index (χ1n) is 9.11.